The Labute approximate surface area is 183 Å². The van der Waals surface area contributed by atoms with E-state index in [2.05, 4.69) is 30.8 Å². The number of halogens is 1. The van der Waals surface area contributed by atoms with E-state index in [0.29, 0.717) is 18.9 Å². The number of rotatable bonds is 6. The van der Waals surface area contributed by atoms with Crippen LogP contribution in [-0.2, 0) is 6.54 Å². The first-order valence-corrected chi connectivity index (χ1v) is 10.8. The second-order valence-electron chi connectivity index (χ2n) is 7.86. The van der Waals surface area contributed by atoms with Gasteiger partial charge >= 0.3 is 0 Å². The average molecular weight is 439 g/mol. The van der Waals surface area contributed by atoms with Crippen molar-refractivity contribution in [2.45, 2.75) is 34.2 Å². The Morgan fingerprint density at radius 2 is 2.00 bits per heavy atom. The van der Waals surface area contributed by atoms with Gasteiger partial charge in [-0.15, -0.1) is 16.4 Å². The Balaban J connectivity index is 1.60. The molecular formula is C22H23FN6OS. The smallest absolute Gasteiger partial charge is 0.254 e. The molecule has 2 N–H and O–H groups in total. The van der Waals surface area contributed by atoms with E-state index >= 15 is 0 Å². The minimum atomic E-state index is -0.539. The molecule has 9 heteroatoms. The number of anilines is 1. The molecule has 0 bridgehead atoms. The van der Waals surface area contributed by atoms with E-state index in [1.54, 1.807) is 12.1 Å². The lowest BCUT2D eigenvalue weighted by molar-refractivity contribution is 0.0945. The summed E-state index contributed by atoms with van der Waals surface area (Å²) in [6.07, 6.45) is 1.52. The van der Waals surface area contributed by atoms with Gasteiger partial charge in [0.25, 0.3) is 5.91 Å². The van der Waals surface area contributed by atoms with Gasteiger partial charge in [0.05, 0.1) is 21.5 Å². The van der Waals surface area contributed by atoms with Gasteiger partial charge in [-0.1, -0.05) is 19.9 Å². The molecular weight excluding hydrogens is 415 g/mol. The van der Waals surface area contributed by atoms with Gasteiger partial charge in [0.2, 0.25) is 0 Å². The van der Waals surface area contributed by atoms with Crippen LogP contribution in [0.5, 0.6) is 0 Å². The van der Waals surface area contributed by atoms with Crippen molar-refractivity contribution in [2.75, 3.05) is 11.9 Å². The SMILES string of the molecule is Cc1nnc2sc3c(NCc4ccc(F)c(C(=O)NCC(C)C)c4)ncnc3c2c1C. The summed E-state index contributed by atoms with van der Waals surface area (Å²) in [7, 11) is 0. The average Bonchev–Trinajstić information content (AvgIpc) is 3.14. The van der Waals surface area contributed by atoms with Crippen molar-refractivity contribution in [1.82, 2.24) is 25.5 Å². The van der Waals surface area contributed by atoms with Crippen molar-refractivity contribution in [1.29, 1.82) is 0 Å². The highest BCUT2D eigenvalue weighted by atomic mass is 32.1. The maximum absolute atomic E-state index is 14.2. The predicted molar refractivity (Wildman–Crippen MR) is 121 cm³/mol. The number of thiophene rings is 1. The molecule has 7 nitrogen and oxygen atoms in total. The number of aromatic nitrogens is 4. The Morgan fingerprint density at radius 1 is 1.19 bits per heavy atom. The normalized spacial score (nSPS) is 11.4. The highest BCUT2D eigenvalue weighted by Crippen LogP contribution is 2.36. The van der Waals surface area contributed by atoms with Gasteiger partial charge in [0.15, 0.2) is 0 Å². The fraction of sp³-hybridized carbons (Fsp3) is 0.318. The molecule has 0 aliphatic rings. The Kier molecular flexibility index (Phi) is 5.77. The van der Waals surface area contributed by atoms with Gasteiger partial charge < -0.3 is 10.6 Å². The van der Waals surface area contributed by atoms with E-state index in [0.717, 1.165) is 37.3 Å². The van der Waals surface area contributed by atoms with E-state index in [9.17, 15) is 9.18 Å². The topological polar surface area (TPSA) is 92.7 Å². The van der Waals surface area contributed by atoms with E-state index < -0.39 is 11.7 Å². The number of amides is 1. The van der Waals surface area contributed by atoms with Crippen molar-refractivity contribution in [3.8, 4) is 0 Å². The van der Waals surface area contributed by atoms with Crippen LogP contribution in [-0.4, -0.2) is 32.6 Å². The molecule has 0 aliphatic heterocycles. The molecule has 0 spiro atoms. The lowest BCUT2D eigenvalue weighted by Gasteiger charge is -2.11. The van der Waals surface area contributed by atoms with Gasteiger partial charge in [0.1, 0.15) is 22.8 Å². The highest BCUT2D eigenvalue weighted by molar-refractivity contribution is 7.25. The first kappa shape index (κ1) is 21.0. The quantitative estimate of drug-likeness (QED) is 0.464. The van der Waals surface area contributed by atoms with Crippen LogP contribution in [0.15, 0.2) is 24.5 Å². The minimum absolute atomic E-state index is 0.0380. The zero-order valence-electron chi connectivity index (χ0n) is 17.8. The molecule has 3 aromatic heterocycles. The number of carbonyl (C=O) groups is 1. The fourth-order valence-electron chi connectivity index (χ4n) is 3.24. The number of nitrogens with one attached hydrogen (secondary N) is 2. The molecule has 0 radical (unpaired) electrons. The summed E-state index contributed by atoms with van der Waals surface area (Å²) in [6.45, 7) is 8.79. The standard InChI is InChI=1S/C22H23FN6OS/c1-11(2)8-25-21(30)15-7-14(5-6-16(15)23)9-24-20-19-18(26-10-27-20)17-12(3)13(4)28-29-22(17)31-19/h5-7,10-11H,8-9H2,1-4H3,(H,25,30)(H,24,26,27). The summed E-state index contributed by atoms with van der Waals surface area (Å²) in [5.74, 6) is 0.00500. The van der Waals surface area contributed by atoms with Gasteiger partial charge in [-0.05, 0) is 43.0 Å². The predicted octanol–water partition coefficient (Wildman–Crippen LogP) is 4.39. The number of carbonyl (C=O) groups excluding carboxylic acids is 1. The summed E-state index contributed by atoms with van der Waals surface area (Å²) >= 11 is 1.48. The summed E-state index contributed by atoms with van der Waals surface area (Å²) in [4.78, 5) is 22.0. The number of fused-ring (bicyclic) bond motifs is 3. The molecule has 0 unspecified atom stereocenters. The molecule has 0 saturated heterocycles. The van der Waals surface area contributed by atoms with Crippen molar-refractivity contribution in [3.63, 3.8) is 0 Å². The first-order chi connectivity index (χ1) is 14.8. The monoisotopic (exact) mass is 438 g/mol. The lowest BCUT2D eigenvalue weighted by atomic mass is 10.1. The lowest BCUT2D eigenvalue weighted by Crippen LogP contribution is -2.28. The highest BCUT2D eigenvalue weighted by Gasteiger charge is 2.17. The van der Waals surface area contributed by atoms with Crippen LogP contribution >= 0.6 is 11.3 Å². The van der Waals surface area contributed by atoms with E-state index in [-0.39, 0.29) is 11.5 Å². The largest absolute Gasteiger partial charge is 0.365 e. The van der Waals surface area contributed by atoms with Crippen LogP contribution in [0.1, 0.15) is 41.0 Å². The van der Waals surface area contributed by atoms with Crippen LogP contribution in [0.4, 0.5) is 10.2 Å². The maximum Gasteiger partial charge on any atom is 0.254 e. The van der Waals surface area contributed by atoms with Crippen molar-refractivity contribution in [2.24, 2.45) is 5.92 Å². The summed E-state index contributed by atoms with van der Waals surface area (Å²) < 4.78 is 15.1. The minimum Gasteiger partial charge on any atom is -0.365 e. The number of nitrogens with zero attached hydrogens (tertiary/aromatic N) is 4. The molecule has 4 rings (SSSR count). The van der Waals surface area contributed by atoms with Crippen LogP contribution in [0.3, 0.4) is 0 Å². The zero-order chi connectivity index (χ0) is 22.1. The number of hydrogen-bond donors (Lipinski definition) is 2. The van der Waals surface area contributed by atoms with Crippen LogP contribution in [0.2, 0.25) is 0 Å². The molecule has 0 fully saturated rings. The number of hydrogen-bond acceptors (Lipinski definition) is 7. The first-order valence-electron chi connectivity index (χ1n) is 10.0. The second-order valence-corrected chi connectivity index (χ2v) is 8.86. The van der Waals surface area contributed by atoms with Crippen LogP contribution in [0.25, 0.3) is 20.4 Å². The van der Waals surface area contributed by atoms with Gasteiger partial charge in [-0.2, -0.15) is 5.10 Å². The van der Waals surface area contributed by atoms with Crippen molar-refractivity contribution >= 4 is 43.5 Å². The maximum atomic E-state index is 14.2. The van der Waals surface area contributed by atoms with Crippen molar-refractivity contribution < 1.29 is 9.18 Å². The summed E-state index contributed by atoms with van der Waals surface area (Å²) in [5, 5.41) is 15.5. The molecule has 160 valence electrons. The molecule has 0 aliphatic carbocycles. The van der Waals surface area contributed by atoms with Crippen LogP contribution in [0, 0.1) is 25.6 Å². The van der Waals surface area contributed by atoms with E-state index in [1.165, 1.54) is 23.7 Å². The Hall–Kier alpha value is -3.20. The summed E-state index contributed by atoms with van der Waals surface area (Å²) in [5.41, 5.74) is 3.57. The van der Waals surface area contributed by atoms with Gasteiger partial charge in [0, 0.05) is 18.5 Å². The third-order valence-corrected chi connectivity index (χ3v) is 6.14. The molecule has 1 aromatic carbocycles. The Bertz CT molecular complexity index is 1290. The number of aryl methyl sites for hydroxylation is 2. The third-order valence-electron chi connectivity index (χ3n) is 5.07. The Morgan fingerprint density at radius 3 is 2.77 bits per heavy atom. The van der Waals surface area contributed by atoms with Gasteiger partial charge in [-0.3, -0.25) is 4.79 Å². The molecule has 31 heavy (non-hydrogen) atoms. The molecule has 3 heterocycles. The molecule has 0 saturated carbocycles. The zero-order valence-corrected chi connectivity index (χ0v) is 18.6. The molecule has 1 amide bonds. The fourth-order valence-corrected chi connectivity index (χ4v) is 4.34. The molecule has 0 atom stereocenters. The number of benzene rings is 1. The second kappa shape index (κ2) is 8.50. The van der Waals surface area contributed by atoms with E-state index in [1.807, 2.05) is 27.7 Å². The van der Waals surface area contributed by atoms with Gasteiger partial charge in [-0.25, -0.2) is 14.4 Å². The van der Waals surface area contributed by atoms with Crippen molar-refractivity contribution in [3.05, 3.63) is 52.7 Å². The molecule has 4 aromatic rings. The third kappa shape index (κ3) is 4.18. The summed E-state index contributed by atoms with van der Waals surface area (Å²) in [6, 6.07) is 4.54. The van der Waals surface area contributed by atoms with Crippen LogP contribution < -0.4 is 10.6 Å². The van der Waals surface area contributed by atoms with E-state index in [4.69, 9.17) is 0 Å².